The monoisotopic (exact) mass is 412 g/mol. The van der Waals surface area contributed by atoms with Crippen molar-refractivity contribution in [3.63, 3.8) is 0 Å². The Kier molecular flexibility index (Phi) is 7.42. The third-order valence-electron chi connectivity index (χ3n) is 6.01. The molecule has 1 fully saturated rings. The number of ether oxygens (including phenoxy) is 1. The smallest absolute Gasteiger partial charge is 0.316 e. The number of aliphatic hydroxyl groups excluding tert-OH is 1. The van der Waals surface area contributed by atoms with Crippen LogP contribution in [0.15, 0.2) is 53.4 Å². The lowest BCUT2D eigenvalue weighted by Crippen LogP contribution is -2.46. The van der Waals surface area contributed by atoms with E-state index in [-0.39, 0.29) is 10.7 Å². The molecule has 156 valence electrons. The predicted octanol–water partition coefficient (Wildman–Crippen LogP) is 6.09. The molecule has 0 heterocycles. The average Bonchev–Trinajstić information content (AvgIpc) is 2.96. The van der Waals surface area contributed by atoms with Gasteiger partial charge in [-0.2, -0.15) is 0 Å². The van der Waals surface area contributed by atoms with E-state index in [0.29, 0.717) is 5.75 Å². The van der Waals surface area contributed by atoms with Crippen LogP contribution in [0.2, 0.25) is 0 Å². The number of benzene rings is 2. The number of hydrogen-bond donors (Lipinski definition) is 1. The van der Waals surface area contributed by atoms with Gasteiger partial charge in [0.05, 0.1) is 12.0 Å². The maximum atomic E-state index is 13.0. The standard InChI is InChI=1S/C25H32O3S/c1-18-12-11-13-19(2)22(18)28-24(27)20(3)23(26)25(16-9-4-5-10-17-25)29-21-14-7-6-8-15-21/h6-8,11-15,20,23,26H,4-5,9-10,16-17H2,1-3H3/t20-,23+/m0/s1. The fraction of sp³-hybridized carbons (Fsp3) is 0.480. The number of para-hydroxylation sites is 1. The average molecular weight is 413 g/mol. The van der Waals surface area contributed by atoms with Crippen molar-refractivity contribution in [3.05, 3.63) is 59.7 Å². The normalized spacial score (nSPS) is 18.5. The zero-order chi connectivity index (χ0) is 20.9. The van der Waals surface area contributed by atoms with E-state index in [1.54, 1.807) is 18.7 Å². The highest BCUT2D eigenvalue weighted by atomic mass is 32.2. The highest BCUT2D eigenvalue weighted by molar-refractivity contribution is 8.00. The van der Waals surface area contributed by atoms with Gasteiger partial charge in [0, 0.05) is 9.64 Å². The molecule has 29 heavy (non-hydrogen) atoms. The number of aliphatic hydroxyl groups is 1. The van der Waals surface area contributed by atoms with Crippen LogP contribution in [0.3, 0.4) is 0 Å². The summed E-state index contributed by atoms with van der Waals surface area (Å²) in [5, 5.41) is 11.4. The summed E-state index contributed by atoms with van der Waals surface area (Å²) < 4.78 is 5.40. The lowest BCUT2D eigenvalue weighted by molar-refractivity contribution is -0.143. The van der Waals surface area contributed by atoms with Gasteiger partial charge < -0.3 is 9.84 Å². The van der Waals surface area contributed by atoms with Crippen molar-refractivity contribution in [1.82, 2.24) is 0 Å². The first-order valence-electron chi connectivity index (χ1n) is 10.6. The van der Waals surface area contributed by atoms with E-state index in [9.17, 15) is 9.90 Å². The number of carbonyl (C=O) groups is 1. The molecule has 0 radical (unpaired) electrons. The molecule has 1 saturated carbocycles. The molecule has 2 aromatic carbocycles. The molecular formula is C25H32O3S. The summed E-state index contributed by atoms with van der Waals surface area (Å²) in [7, 11) is 0. The van der Waals surface area contributed by atoms with Crippen LogP contribution in [-0.4, -0.2) is 21.9 Å². The van der Waals surface area contributed by atoms with Crippen LogP contribution in [0.25, 0.3) is 0 Å². The first kappa shape index (κ1) is 21.9. The van der Waals surface area contributed by atoms with Gasteiger partial charge in [0.15, 0.2) is 0 Å². The van der Waals surface area contributed by atoms with Gasteiger partial charge in [0.25, 0.3) is 0 Å². The van der Waals surface area contributed by atoms with Crippen molar-refractivity contribution in [2.24, 2.45) is 5.92 Å². The summed E-state index contributed by atoms with van der Waals surface area (Å²) in [6.45, 7) is 5.68. The molecule has 0 amide bonds. The molecule has 1 aliphatic rings. The van der Waals surface area contributed by atoms with E-state index < -0.39 is 12.0 Å². The lowest BCUT2D eigenvalue weighted by Gasteiger charge is -2.39. The molecule has 0 aliphatic heterocycles. The molecule has 1 N–H and O–H groups in total. The maximum Gasteiger partial charge on any atom is 0.316 e. The highest BCUT2D eigenvalue weighted by Crippen LogP contribution is 2.47. The number of rotatable bonds is 6. The van der Waals surface area contributed by atoms with Gasteiger partial charge in [-0.15, -0.1) is 11.8 Å². The molecule has 0 aromatic heterocycles. The fourth-order valence-corrected chi connectivity index (χ4v) is 5.83. The Morgan fingerprint density at radius 2 is 1.55 bits per heavy atom. The molecule has 3 rings (SSSR count). The largest absolute Gasteiger partial charge is 0.426 e. The topological polar surface area (TPSA) is 46.5 Å². The third-order valence-corrected chi connectivity index (χ3v) is 7.57. The Bertz CT molecular complexity index is 790. The lowest BCUT2D eigenvalue weighted by atomic mass is 9.85. The van der Waals surface area contributed by atoms with Gasteiger partial charge in [-0.1, -0.05) is 62.1 Å². The molecule has 2 atom stereocenters. The van der Waals surface area contributed by atoms with Gasteiger partial charge in [0.2, 0.25) is 0 Å². The van der Waals surface area contributed by atoms with Crippen molar-refractivity contribution in [1.29, 1.82) is 0 Å². The second-order valence-corrected chi connectivity index (χ2v) is 9.76. The molecule has 0 unspecified atom stereocenters. The quantitative estimate of drug-likeness (QED) is 0.354. The van der Waals surface area contributed by atoms with E-state index in [1.807, 2.05) is 50.2 Å². The highest BCUT2D eigenvalue weighted by Gasteiger charge is 2.44. The number of hydrogen-bond acceptors (Lipinski definition) is 4. The van der Waals surface area contributed by atoms with Gasteiger partial charge in [-0.3, -0.25) is 4.79 Å². The first-order valence-corrected chi connectivity index (χ1v) is 11.4. The van der Waals surface area contributed by atoms with Crippen LogP contribution in [0, 0.1) is 19.8 Å². The number of thioether (sulfide) groups is 1. The molecule has 0 spiro atoms. The summed E-state index contributed by atoms with van der Waals surface area (Å²) in [5.74, 6) is -0.335. The van der Waals surface area contributed by atoms with Crippen LogP contribution in [0.1, 0.15) is 56.6 Å². The van der Waals surface area contributed by atoms with Crippen molar-refractivity contribution in [2.75, 3.05) is 0 Å². The van der Waals surface area contributed by atoms with Gasteiger partial charge in [-0.05, 0) is 56.9 Å². The van der Waals surface area contributed by atoms with E-state index in [1.165, 1.54) is 12.8 Å². The Hall–Kier alpha value is -1.78. The summed E-state index contributed by atoms with van der Waals surface area (Å²) in [5.41, 5.74) is 1.87. The van der Waals surface area contributed by atoms with Crippen LogP contribution in [0.5, 0.6) is 5.75 Å². The fourth-order valence-electron chi connectivity index (χ4n) is 4.25. The predicted molar refractivity (Wildman–Crippen MR) is 119 cm³/mol. The van der Waals surface area contributed by atoms with E-state index in [2.05, 4.69) is 12.1 Å². The van der Waals surface area contributed by atoms with Crippen molar-refractivity contribution < 1.29 is 14.6 Å². The Balaban J connectivity index is 1.82. The SMILES string of the molecule is Cc1cccc(C)c1OC(=O)[C@@H](C)[C@@H](O)C1(Sc2ccccc2)CCCCCC1. The van der Waals surface area contributed by atoms with Crippen LogP contribution in [-0.2, 0) is 4.79 Å². The van der Waals surface area contributed by atoms with Crippen molar-refractivity contribution >= 4 is 17.7 Å². The van der Waals surface area contributed by atoms with Crippen LogP contribution >= 0.6 is 11.8 Å². The molecular weight excluding hydrogens is 380 g/mol. The van der Waals surface area contributed by atoms with E-state index in [0.717, 1.165) is 41.7 Å². The summed E-state index contributed by atoms with van der Waals surface area (Å²) in [6.07, 6.45) is 5.59. The maximum absolute atomic E-state index is 13.0. The first-order chi connectivity index (χ1) is 13.9. The minimum atomic E-state index is -0.761. The van der Waals surface area contributed by atoms with E-state index >= 15 is 0 Å². The zero-order valence-corrected chi connectivity index (χ0v) is 18.5. The molecule has 0 saturated heterocycles. The summed E-state index contributed by atoms with van der Waals surface area (Å²) >= 11 is 1.73. The second-order valence-electron chi connectivity index (χ2n) is 8.27. The van der Waals surface area contributed by atoms with Gasteiger partial charge in [-0.25, -0.2) is 0 Å². The number of carbonyl (C=O) groups excluding carboxylic acids is 1. The molecule has 1 aliphatic carbocycles. The Labute approximate surface area is 178 Å². The second kappa shape index (κ2) is 9.82. The molecule has 2 aromatic rings. The third kappa shape index (κ3) is 5.23. The molecule has 0 bridgehead atoms. The van der Waals surface area contributed by atoms with Crippen molar-refractivity contribution in [3.8, 4) is 5.75 Å². The van der Waals surface area contributed by atoms with E-state index in [4.69, 9.17) is 4.74 Å². The summed E-state index contributed by atoms with van der Waals surface area (Å²) in [4.78, 5) is 14.1. The zero-order valence-electron chi connectivity index (χ0n) is 17.7. The number of aryl methyl sites for hydroxylation is 2. The molecule has 3 nitrogen and oxygen atoms in total. The van der Waals surface area contributed by atoms with Crippen LogP contribution < -0.4 is 4.74 Å². The van der Waals surface area contributed by atoms with Crippen LogP contribution in [0.4, 0.5) is 0 Å². The Morgan fingerprint density at radius 3 is 2.14 bits per heavy atom. The minimum Gasteiger partial charge on any atom is -0.426 e. The van der Waals surface area contributed by atoms with Gasteiger partial charge in [0.1, 0.15) is 5.75 Å². The molecule has 4 heteroatoms. The van der Waals surface area contributed by atoms with Gasteiger partial charge >= 0.3 is 5.97 Å². The number of esters is 1. The minimum absolute atomic E-state index is 0.354. The van der Waals surface area contributed by atoms with Crippen molar-refractivity contribution in [2.45, 2.75) is 75.0 Å². The summed E-state index contributed by atoms with van der Waals surface area (Å²) in [6, 6.07) is 16.1. The Morgan fingerprint density at radius 1 is 0.966 bits per heavy atom.